The summed E-state index contributed by atoms with van der Waals surface area (Å²) in [5.41, 5.74) is 1.21. The first-order chi connectivity index (χ1) is 8.36. The van der Waals surface area contributed by atoms with Gasteiger partial charge in [0.15, 0.2) is 0 Å². The third-order valence-electron chi connectivity index (χ3n) is 2.67. The Morgan fingerprint density at radius 2 is 2.06 bits per heavy atom. The Kier molecular flexibility index (Phi) is 7.35. The lowest BCUT2D eigenvalue weighted by Gasteiger charge is -2.11. The Bertz CT molecular complexity index is 306. The quantitative estimate of drug-likeness (QED) is 0.700. The molecule has 1 aromatic rings. The van der Waals surface area contributed by atoms with Crippen molar-refractivity contribution in [2.45, 2.75) is 26.4 Å². The fourth-order valence-corrected chi connectivity index (χ4v) is 1.58. The van der Waals surface area contributed by atoms with Crippen molar-refractivity contribution in [2.24, 2.45) is 5.92 Å². The third kappa shape index (κ3) is 6.25. The first kappa shape index (κ1) is 13.9. The molecule has 1 atom stereocenters. The van der Waals surface area contributed by atoms with E-state index in [2.05, 4.69) is 25.1 Å². The Morgan fingerprint density at radius 1 is 1.29 bits per heavy atom. The molecule has 0 aliphatic heterocycles. The van der Waals surface area contributed by atoms with Gasteiger partial charge in [0.05, 0.1) is 13.2 Å². The smallest absolute Gasteiger partial charge is 0.0717 e. The molecule has 0 aromatic heterocycles. The zero-order valence-corrected chi connectivity index (χ0v) is 10.5. The van der Waals surface area contributed by atoms with Gasteiger partial charge in [0.25, 0.3) is 0 Å². The van der Waals surface area contributed by atoms with Crippen molar-refractivity contribution in [3.05, 3.63) is 48.0 Å². The zero-order valence-electron chi connectivity index (χ0n) is 10.5. The second-order valence-corrected chi connectivity index (χ2v) is 4.11. The first-order valence-electron chi connectivity index (χ1n) is 6.26. The molecule has 0 heterocycles. The average Bonchev–Trinajstić information content (AvgIpc) is 2.38. The minimum Gasteiger partial charge on any atom is -0.396 e. The summed E-state index contributed by atoms with van der Waals surface area (Å²) in [6, 6.07) is 10.2. The fraction of sp³-hybridized carbons (Fsp3) is 0.467. The molecule has 2 heteroatoms. The predicted molar refractivity (Wildman–Crippen MR) is 70.7 cm³/mol. The highest BCUT2D eigenvalue weighted by Crippen LogP contribution is 2.08. The lowest BCUT2D eigenvalue weighted by molar-refractivity contribution is 0.0984. The van der Waals surface area contributed by atoms with Crippen LogP contribution in [0.25, 0.3) is 0 Å². The van der Waals surface area contributed by atoms with E-state index < -0.39 is 0 Å². The highest BCUT2D eigenvalue weighted by atomic mass is 16.5. The molecule has 94 valence electrons. The van der Waals surface area contributed by atoms with E-state index in [1.54, 1.807) is 0 Å². The van der Waals surface area contributed by atoms with Gasteiger partial charge < -0.3 is 9.84 Å². The van der Waals surface area contributed by atoms with E-state index in [1.165, 1.54) is 5.56 Å². The second kappa shape index (κ2) is 8.97. The molecule has 2 nitrogen and oxygen atoms in total. The molecule has 1 aromatic carbocycles. The number of hydrogen-bond donors (Lipinski definition) is 1. The van der Waals surface area contributed by atoms with Crippen molar-refractivity contribution < 1.29 is 9.84 Å². The normalized spacial score (nSPS) is 13.1. The molecular weight excluding hydrogens is 212 g/mol. The molecule has 0 amide bonds. The maximum absolute atomic E-state index is 8.69. The Hall–Kier alpha value is -1.12. The van der Waals surface area contributed by atoms with Crippen LogP contribution in [-0.2, 0) is 11.3 Å². The van der Waals surface area contributed by atoms with Gasteiger partial charge in [0, 0.05) is 6.61 Å². The van der Waals surface area contributed by atoms with Gasteiger partial charge in [0.1, 0.15) is 0 Å². The van der Waals surface area contributed by atoms with Crippen molar-refractivity contribution in [2.75, 3.05) is 13.2 Å². The maximum atomic E-state index is 8.69. The highest BCUT2D eigenvalue weighted by Gasteiger charge is 2.01. The van der Waals surface area contributed by atoms with E-state index in [1.807, 2.05) is 24.3 Å². The molecule has 0 bridgehead atoms. The summed E-state index contributed by atoms with van der Waals surface area (Å²) in [5.74, 6) is 0.449. The van der Waals surface area contributed by atoms with Crippen LogP contribution in [0.15, 0.2) is 42.5 Å². The lowest BCUT2D eigenvalue weighted by Crippen LogP contribution is -2.06. The minimum atomic E-state index is 0.220. The molecule has 1 N–H and O–H groups in total. The largest absolute Gasteiger partial charge is 0.396 e. The van der Waals surface area contributed by atoms with Crippen molar-refractivity contribution in [1.29, 1.82) is 0 Å². The van der Waals surface area contributed by atoms with Crippen LogP contribution in [0.2, 0.25) is 0 Å². The number of ether oxygens (including phenoxy) is 1. The van der Waals surface area contributed by atoms with Crippen molar-refractivity contribution in [1.82, 2.24) is 0 Å². The predicted octanol–water partition coefficient (Wildman–Crippen LogP) is 3.17. The van der Waals surface area contributed by atoms with Crippen molar-refractivity contribution >= 4 is 0 Å². The molecule has 0 spiro atoms. The summed E-state index contributed by atoms with van der Waals surface area (Å²) in [4.78, 5) is 0. The Labute approximate surface area is 104 Å². The van der Waals surface area contributed by atoms with Crippen molar-refractivity contribution in [3.8, 4) is 0 Å². The summed E-state index contributed by atoms with van der Waals surface area (Å²) in [7, 11) is 0. The Morgan fingerprint density at radius 3 is 2.71 bits per heavy atom. The van der Waals surface area contributed by atoms with Crippen LogP contribution in [0.3, 0.4) is 0 Å². The summed E-state index contributed by atoms with van der Waals surface area (Å²) in [6.07, 6.45) is 5.97. The molecule has 0 radical (unpaired) electrons. The van der Waals surface area contributed by atoms with Gasteiger partial charge in [-0.05, 0) is 24.3 Å². The number of aliphatic hydroxyl groups is 1. The maximum Gasteiger partial charge on any atom is 0.0717 e. The molecule has 0 fully saturated rings. The van der Waals surface area contributed by atoms with E-state index in [0.29, 0.717) is 12.5 Å². The molecule has 0 saturated heterocycles. The number of benzene rings is 1. The van der Waals surface area contributed by atoms with Gasteiger partial charge in [-0.1, -0.05) is 49.4 Å². The van der Waals surface area contributed by atoms with E-state index in [0.717, 1.165) is 19.4 Å². The van der Waals surface area contributed by atoms with Gasteiger partial charge in [-0.3, -0.25) is 0 Å². The van der Waals surface area contributed by atoms with E-state index in [9.17, 15) is 0 Å². The van der Waals surface area contributed by atoms with Gasteiger partial charge in [-0.25, -0.2) is 0 Å². The third-order valence-corrected chi connectivity index (χ3v) is 2.67. The van der Waals surface area contributed by atoms with Gasteiger partial charge in [-0.15, -0.1) is 0 Å². The molecule has 17 heavy (non-hydrogen) atoms. The average molecular weight is 234 g/mol. The second-order valence-electron chi connectivity index (χ2n) is 4.11. The summed E-state index contributed by atoms with van der Waals surface area (Å²) in [6.45, 7) is 3.79. The Balaban J connectivity index is 2.24. The molecular formula is C15H22O2. The van der Waals surface area contributed by atoms with Crippen molar-refractivity contribution in [3.63, 3.8) is 0 Å². The number of aliphatic hydroxyl groups excluding tert-OH is 1. The molecule has 1 rings (SSSR count). The van der Waals surface area contributed by atoms with Gasteiger partial charge >= 0.3 is 0 Å². The van der Waals surface area contributed by atoms with Crippen LogP contribution in [-0.4, -0.2) is 18.3 Å². The lowest BCUT2D eigenvalue weighted by atomic mass is 10.1. The summed E-state index contributed by atoms with van der Waals surface area (Å²) < 4.78 is 5.69. The van der Waals surface area contributed by atoms with Crippen LogP contribution in [0.1, 0.15) is 25.3 Å². The molecule has 0 aliphatic carbocycles. The SMILES string of the molecule is CCC(/C=C/CCO)COCc1ccccc1. The van der Waals surface area contributed by atoms with Gasteiger partial charge in [-0.2, -0.15) is 0 Å². The summed E-state index contributed by atoms with van der Waals surface area (Å²) >= 11 is 0. The fourth-order valence-electron chi connectivity index (χ4n) is 1.58. The minimum absolute atomic E-state index is 0.220. The summed E-state index contributed by atoms with van der Waals surface area (Å²) in [5, 5.41) is 8.69. The topological polar surface area (TPSA) is 29.5 Å². The standard InChI is InChI=1S/C15H22O2/c1-2-14(8-6-7-11-16)12-17-13-15-9-4-3-5-10-15/h3-6,8-10,14,16H,2,7,11-13H2,1H3/b8-6+. The van der Waals surface area contributed by atoms with Crippen LogP contribution in [0.5, 0.6) is 0 Å². The van der Waals surface area contributed by atoms with E-state index in [4.69, 9.17) is 9.84 Å². The number of rotatable bonds is 8. The van der Waals surface area contributed by atoms with E-state index >= 15 is 0 Å². The highest BCUT2D eigenvalue weighted by molar-refractivity contribution is 5.13. The van der Waals surface area contributed by atoms with Gasteiger partial charge in [0.2, 0.25) is 0 Å². The molecule has 0 saturated carbocycles. The first-order valence-corrected chi connectivity index (χ1v) is 6.26. The van der Waals surface area contributed by atoms with Crippen LogP contribution in [0.4, 0.5) is 0 Å². The molecule has 1 unspecified atom stereocenters. The van der Waals surface area contributed by atoms with E-state index in [-0.39, 0.29) is 6.61 Å². The van der Waals surface area contributed by atoms with Crippen LogP contribution in [0, 0.1) is 5.92 Å². The molecule has 0 aliphatic rings. The van der Waals surface area contributed by atoms with Crippen LogP contribution >= 0.6 is 0 Å². The van der Waals surface area contributed by atoms with Crippen LogP contribution < -0.4 is 0 Å². The zero-order chi connectivity index (χ0) is 12.3. The number of hydrogen-bond acceptors (Lipinski definition) is 2. The monoisotopic (exact) mass is 234 g/mol.